The van der Waals surface area contributed by atoms with Crippen molar-refractivity contribution in [2.24, 2.45) is 0 Å². The zero-order valence-electron chi connectivity index (χ0n) is 21.2. The number of likely N-dealkylation sites (N-methyl/N-ethyl adjacent to an activating group) is 1. The Morgan fingerprint density at radius 1 is 1.00 bits per heavy atom. The van der Waals surface area contributed by atoms with Gasteiger partial charge in [-0.15, -0.1) is 11.3 Å². The van der Waals surface area contributed by atoms with Gasteiger partial charge in [-0.3, -0.25) is 14.8 Å². The fourth-order valence-corrected chi connectivity index (χ4v) is 5.50. The SMILES string of the molecule is CN1CCN(CC(=O)Cc2cccc(-c3nc(Nc4ccc(-c5cn[nH]c5)cc4)c4sccc4n3)c2)CC1. The first-order valence-electron chi connectivity index (χ1n) is 12.7. The molecule has 192 valence electrons. The van der Waals surface area contributed by atoms with Gasteiger partial charge in [-0.25, -0.2) is 9.97 Å². The molecule has 0 amide bonds. The highest BCUT2D eigenvalue weighted by molar-refractivity contribution is 7.17. The molecule has 2 aromatic carbocycles. The molecule has 5 aromatic rings. The van der Waals surface area contributed by atoms with E-state index in [1.807, 2.05) is 60.2 Å². The lowest BCUT2D eigenvalue weighted by Crippen LogP contribution is -2.46. The summed E-state index contributed by atoms with van der Waals surface area (Å²) in [5, 5.41) is 12.4. The molecular formula is C29H29N7OS. The molecule has 8 nitrogen and oxygen atoms in total. The van der Waals surface area contributed by atoms with Crippen LogP contribution in [-0.2, 0) is 11.2 Å². The number of anilines is 2. The summed E-state index contributed by atoms with van der Waals surface area (Å²) >= 11 is 1.61. The number of aromatic nitrogens is 4. The molecule has 1 aliphatic rings. The van der Waals surface area contributed by atoms with Gasteiger partial charge in [0.1, 0.15) is 0 Å². The highest BCUT2D eigenvalue weighted by Gasteiger charge is 2.17. The number of piperazine rings is 1. The smallest absolute Gasteiger partial charge is 0.162 e. The molecule has 1 saturated heterocycles. The molecule has 0 saturated carbocycles. The Morgan fingerprint density at radius 3 is 2.63 bits per heavy atom. The van der Waals surface area contributed by atoms with Crippen LogP contribution in [0.1, 0.15) is 5.56 Å². The number of fused-ring (bicyclic) bond motifs is 1. The van der Waals surface area contributed by atoms with Gasteiger partial charge in [0.2, 0.25) is 0 Å². The molecule has 1 fully saturated rings. The number of Topliss-reactive ketones (excluding diaryl/α,β-unsaturated/α-hetero) is 1. The molecule has 0 bridgehead atoms. The number of thiophene rings is 1. The van der Waals surface area contributed by atoms with Crippen LogP contribution < -0.4 is 5.32 Å². The van der Waals surface area contributed by atoms with Crippen molar-refractivity contribution in [2.75, 3.05) is 45.1 Å². The average Bonchev–Trinajstić information content (AvgIpc) is 3.63. The Hall–Kier alpha value is -3.92. The van der Waals surface area contributed by atoms with Crippen LogP contribution in [0.3, 0.4) is 0 Å². The van der Waals surface area contributed by atoms with Crippen LogP contribution in [0, 0.1) is 0 Å². The van der Waals surface area contributed by atoms with Crippen molar-refractivity contribution in [3.63, 3.8) is 0 Å². The summed E-state index contributed by atoms with van der Waals surface area (Å²) in [6, 6.07) is 18.2. The van der Waals surface area contributed by atoms with Crippen LogP contribution in [0.4, 0.5) is 11.5 Å². The topological polar surface area (TPSA) is 90.0 Å². The fraction of sp³-hybridized carbons (Fsp3) is 0.241. The zero-order valence-corrected chi connectivity index (χ0v) is 22.0. The maximum absolute atomic E-state index is 12.8. The van der Waals surface area contributed by atoms with E-state index < -0.39 is 0 Å². The number of hydrogen-bond acceptors (Lipinski definition) is 8. The van der Waals surface area contributed by atoms with Gasteiger partial charge in [-0.2, -0.15) is 5.10 Å². The molecular weight excluding hydrogens is 494 g/mol. The van der Waals surface area contributed by atoms with E-state index in [2.05, 4.69) is 44.5 Å². The van der Waals surface area contributed by atoms with Crippen LogP contribution >= 0.6 is 11.3 Å². The number of hydrogen-bond donors (Lipinski definition) is 2. The summed E-state index contributed by atoms with van der Waals surface area (Å²) < 4.78 is 1.01. The van der Waals surface area contributed by atoms with Crippen LogP contribution in [0.15, 0.2) is 72.4 Å². The van der Waals surface area contributed by atoms with E-state index in [1.165, 1.54) is 0 Å². The summed E-state index contributed by atoms with van der Waals surface area (Å²) in [5.74, 6) is 1.65. The largest absolute Gasteiger partial charge is 0.339 e. The van der Waals surface area contributed by atoms with Gasteiger partial charge in [0.25, 0.3) is 0 Å². The lowest BCUT2D eigenvalue weighted by molar-refractivity contribution is -0.119. The summed E-state index contributed by atoms with van der Waals surface area (Å²) in [6.07, 6.45) is 4.10. The third kappa shape index (κ3) is 5.50. The Balaban J connectivity index is 1.21. The van der Waals surface area contributed by atoms with E-state index in [-0.39, 0.29) is 5.78 Å². The maximum Gasteiger partial charge on any atom is 0.162 e. The summed E-state index contributed by atoms with van der Waals surface area (Å²) in [7, 11) is 2.12. The first-order valence-corrected chi connectivity index (χ1v) is 13.6. The zero-order chi connectivity index (χ0) is 25.9. The molecule has 0 spiro atoms. The third-order valence-corrected chi connectivity index (χ3v) is 7.78. The molecule has 4 heterocycles. The second-order valence-corrected chi connectivity index (χ2v) is 10.6. The number of ketones is 1. The number of H-pyrrole nitrogens is 1. The van der Waals surface area contributed by atoms with E-state index in [0.717, 1.165) is 70.2 Å². The number of benzene rings is 2. The molecule has 0 unspecified atom stereocenters. The van der Waals surface area contributed by atoms with Crippen LogP contribution in [0.2, 0.25) is 0 Å². The van der Waals surface area contributed by atoms with Crippen molar-refractivity contribution in [1.82, 2.24) is 30.0 Å². The van der Waals surface area contributed by atoms with Gasteiger partial charge >= 0.3 is 0 Å². The van der Waals surface area contributed by atoms with E-state index in [1.54, 1.807) is 11.3 Å². The molecule has 0 atom stereocenters. The van der Waals surface area contributed by atoms with Crippen LogP contribution in [0.5, 0.6) is 0 Å². The van der Waals surface area contributed by atoms with Crippen molar-refractivity contribution < 1.29 is 4.79 Å². The van der Waals surface area contributed by atoms with E-state index in [0.29, 0.717) is 18.8 Å². The van der Waals surface area contributed by atoms with Gasteiger partial charge in [0.05, 0.1) is 23.0 Å². The van der Waals surface area contributed by atoms with E-state index in [4.69, 9.17) is 9.97 Å². The molecule has 1 aliphatic heterocycles. The number of carbonyl (C=O) groups is 1. The lowest BCUT2D eigenvalue weighted by atomic mass is 10.0. The van der Waals surface area contributed by atoms with Crippen molar-refractivity contribution in [1.29, 1.82) is 0 Å². The molecule has 3 aromatic heterocycles. The van der Waals surface area contributed by atoms with Crippen LogP contribution in [0.25, 0.3) is 32.7 Å². The molecule has 38 heavy (non-hydrogen) atoms. The predicted octanol–water partition coefficient (Wildman–Crippen LogP) is 4.85. The van der Waals surface area contributed by atoms with Gasteiger partial charge in [0, 0.05) is 55.6 Å². The molecule has 6 rings (SSSR count). The van der Waals surface area contributed by atoms with E-state index in [9.17, 15) is 4.79 Å². The Bertz CT molecular complexity index is 1540. The number of nitrogens with one attached hydrogen (secondary N) is 2. The first-order chi connectivity index (χ1) is 18.6. The highest BCUT2D eigenvalue weighted by atomic mass is 32.1. The fourth-order valence-electron chi connectivity index (χ4n) is 4.73. The Kier molecular flexibility index (Phi) is 6.96. The molecule has 0 radical (unpaired) electrons. The Labute approximate surface area is 225 Å². The highest BCUT2D eigenvalue weighted by Crippen LogP contribution is 2.32. The van der Waals surface area contributed by atoms with Gasteiger partial charge in [-0.05, 0) is 47.8 Å². The molecule has 2 N–H and O–H groups in total. The standard InChI is InChI=1S/C29H29N7OS/c1-35-10-12-36(13-11-35)19-25(37)16-20-3-2-4-22(15-20)28-33-26-9-14-38-27(26)29(34-28)32-24-7-5-21(6-8-24)23-17-30-31-18-23/h2-9,14-15,17-18H,10-13,16,19H2,1H3,(H,30,31)(H,32,33,34). The predicted molar refractivity (Wildman–Crippen MR) is 153 cm³/mol. The van der Waals surface area contributed by atoms with Gasteiger partial charge < -0.3 is 10.2 Å². The number of rotatable bonds is 8. The van der Waals surface area contributed by atoms with Crippen molar-refractivity contribution in [3.05, 3.63) is 77.9 Å². The van der Waals surface area contributed by atoms with Crippen molar-refractivity contribution in [2.45, 2.75) is 6.42 Å². The average molecular weight is 524 g/mol. The monoisotopic (exact) mass is 523 g/mol. The van der Waals surface area contributed by atoms with Gasteiger partial charge in [0.15, 0.2) is 17.4 Å². The molecule has 9 heteroatoms. The second-order valence-electron chi connectivity index (χ2n) is 9.72. The van der Waals surface area contributed by atoms with Crippen molar-refractivity contribution in [3.8, 4) is 22.5 Å². The number of nitrogens with zero attached hydrogens (tertiary/aromatic N) is 5. The lowest BCUT2D eigenvalue weighted by Gasteiger charge is -2.31. The minimum absolute atomic E-state index is 0.238. The normalized spacial score (nSPS) is 14.7. The summed E-state index contributed by atoms with van der Waals surface area (Å²) in [6.45, 7) is 4.41. The Morgan fingerprint density at radius 2 is 1.84 bits per heavy atom. The van der Waals surface area contributed by atoms with Gasteiger partial charge in [-0.1, -0.05) is 30.3 Å². The number of carbonyl (C=O) groups excluding carboxylic acids is 1. The minimum Gasteiger partial charge on any atom is -0.339 e. The molecule has 0 aliphatic carbocycles. The summed E-state index contributed by atoms with van der Waals surface area (Å²) in [5.41, 5.74) is 5.87. The minimum atomic E-state index is 0.238. The second kappa shape index (κ2) is 10.8. The maximum atomic E-state index is 12.8. The third-order valence-electron chi connectivity index (χ3n) is 6.87. The number of aromatic amines is 1. The van der Waals surface area contributed by atoms with Crippen LogP contribution in [-0.4, -0.2) is 75.5 Å². The van der Waals surface area contributed by atoms with Crippen molar-refractivity contribution >= 4 is 38.8 Å². The first kappa shape index (κ1) is 24.4. The quantitative estimate of drug-likeness (QED) is 0.300. The summed E-state index contributed by atoms with van der Waals surface area (Å²) in [4.78, 5) is 27.1. The van der Waals surface area contributed by atoms with E-state index >= 15 is 0 Å².